The molecular weight excluding hydrogens is 715 g/mol. The molecule has 0 unspecified atom stereocenters. The van der Waals surface area contributed by atoms with Crippen molar-refractivity contribution in [3.63, 3.8) is 0 Å². The van der Waals surface area contributed by atoms with E-state index in [1.165, 1.54) is 21.2 Å². The summed E-state index contributed by atoms with van der Waals surface area (Å²) in [6.45, 7) is 21.2. The molecule has 0 atom stereocenters. The minimum absolute atomic E-state index is 0. The van der Waals surface area contributed by atoms with Gasteiger partial charge in [-0.15, -0.1) is 0 Å². The van der Waals surface area contributed by atoms with Gasteiger partial charge in [0.2, 0.25) is 0 Å². The summed E-state index contributed by atoms with van der Waals surface area (Å²) in [5, 5.41) is 5.83. The van der Waals surface area contributed by atoms with Crippen LogP contribution in [-0.2, 0) is 42.9 Å². The molecule has 0 spiro atoms. The number of hydrogen-bond donors (Lipinski definition) is 0. The third kappa shape index (κ3) is 15.5. The first-order chi connectivity index (χ1) is 22.9. The third-order valence-electron chi connectivity index (χ3n) is 7.16. The number of nitrogens with zero attached hydrogens (tertiary/aromatic N) is 2. The van der Waals surface area contributed by atoms with E-state index in [1.807, 2.05) is 0 Å². The molecule has 0 N–H and O–H groups in total. The second kappa shape index (κ2) is 27.4. The van der Waals surface area contributed by atoms with Crippen LogP contribution in [0.5, 0.6) is 0 Å². The Bertz CT molecular complexity index is 1180. The molecule has 10 heteroatoms. The summed E-state index contributed by atoms with van der Waals surface area (Å²) in [7, 11) is -0.607. The van der Waals surface area contributed by atoms with Crippen LogP contribution in [0.25, 0.3) is 0 Å². The maximum absolute atomic E-state index is 7.50. The summed E-state index contributed by atoms with van der Waals surface area (Å²) in [6, 6.07) is 43.6. The monoisotopic (exact) mass is 756 g/mol. The van der Waals surface area contributed by atoms with E-state index < -0.39 is 0 Å². The van der Waals surface area contributed by atoms with E-state index in [2.05, 4.69) is 151 Å². The van der Waals surface area contributed by atoms with Crippen LogP contribution in [0, 0.1) is 20.0 Å². The van der Waals surface area contributed by atoms with E-state index in [9.17, 15) is 0 Å². The molecular formula is C37H40N2O5P2Ru. The molecule has 0 aromatic heterocycles. The van der Waals surface area contributed by atoms with Gasteiger partial charge in [0.25, 0.3) is 0 Å². The number of rotatable bonds is 8. The van der Waals surface area contributed by atoms with E-state index in [4.69, 9.17) is 23.4 Å². The molecule has 2 aliphatic heterocycles. The van der Waals surface area contributed by atoms with Gasteiger partial charge in [0.1, 0.15) is 0 Å². The van der Waals surface area contributed by atoms with E-state index >= 15 is 0 Å². The first-order valence-corrected chi connectivity index (χ1v) is 17.9. The molecule has 2 heterocycles. The molecule has 6 rings (SSSR count). The van der Waals surface area contributed by atoms with Gasteiger partial charge in [-0.25, -0.2) is 0 Å². The zero-order chi connectivity index (χ0) is 33.2. The second-order valence-electron chi connectivity index (χ2n) is 9.94. The summed E-state index contributed by atoms with van der Waals surface area (Å²) in [4.78, 5) is 5.07. The van der Waals surface area contributed by atoms with Crippen molar-refractivity contribution in [1.82, 2.24) is 9.80 Å². The van der Waals surface area contributed by atoms with Crippen molar-refractivity contribution >= 4 is 37.1 Å². The molecule has 2 aliphatic rings. The van der Waals surface area contributed by atoms with Crippen LogP contribution in [0.3, 0.4) is 0 Å². The molecule has 0 radical (unpaired) electrons. The Morgan fingerprint density at radius 1 is 0.426 bits per heavy atom. The smallest absolute Gasteiger partial charge is 0.0594 e. The molecule has 0 bridgehead atoms. The quantitative estimate of drug-likeness (QED) is 0.113. The van der Waals surface area contributed by atoms with Crippen LogP contribution in [0.1, 0.15) is 0 Å². The van der Waals surface area contributed by atoms with Gasteiger partial charge in [-0.3, -0.25) is 9.80 Å². The molecule has 2 saturated heterocycles. The number of morpholine rings is 2. The largest absolute Gasteiger partial charge is 0.379 e. The van der Waals surface area contributed by atoms with E-state index in [-0.39, 0.29) is 35.3 Å². The minimum atomic E-state index is -0.303. The van der Waals surface area contributed by atoms with Crippen molar-refractivity contribution in [3.05, 3.63) is 141 Å². The van der Waals surface area contributed by atoms with Crippen molar-refractivity contribution in [2.45, 2.75) is 0 Å². The number of ether oxygens (including phenoxy) is 2. The predicted molar refractivity (Wildman–Crippen MR) is 184 cm³/mol. The van der Waals surface area contributed by atoms with E-state index in [1.54, 1.807) is 0 Å². The average molecular weight is 756 g/mol. The first kappa shape index (κ1) is 42.4. The van der Waals surface area contributed by atoms with Gasteiger partial charge in [0, 0.05) is 58.2 Å². The van der Waals surface area contributed by atoms with Gasteiger partial charge in [0.15, 0.2) is 0 Å². The van der Waals surface area contributed by atoms with Gasteiger partial charge in [-0.1, -0.05) is 121 Å². The molecule has 246 valence electrons. The fourth-order valence-corrected chi connectivity index (χ4v) is 9.68. The van der Waals surface area contributed by atoms with Crippen LogP contribution in [0.4, 0.5) is 0 Å². The summed E-state index contributed by atoms with van der Waals surface area (Å²) in [5.74, 6) is 0. The van der Waals surface area contributed by atoms with Crippen molar-refractivity contribution in [3.8, 4) is 0 Å². The van der Waals surface area contributed by atoms with Crippen LogP contribution < -0.4 is 21.2 Å². The minimum Gasteiger partial charge on any atom is -0.379 e. The maximum Gasteiger partial charge on any atom is 0.0594 e. The summed E-state index contributed by atoms with van der Waals surface area (Å²) < 4.78 is 33.4. The maximum atomic E-state index is 7.50. The van der Waals surface area contributed by atoms with Gasteiger partial charge >= 0.3 is 33.9 Å². The van der Waals surface area contributed by atoms with Crippen molar-refractivity contribution in [1.29, 1.82) is 0 Å². The fourth-order valence-electron chi connectivity index (χ4n) is 4.94. The Labute approximate surface area is 295 Å². The average Bonchev–Trinajstić information content (AvgIpc) is 3.18. The molecule has 4 aromatic carbocycles. The Morgan fingerprint density at radius 2 is 0.638 bits per heavy atom. The third-order valence-corrected chi connectivity index (χ3v) is 12.2. The number of benzene rings is 4. The van der Waals surface area contributed by atoms with Crippen LogP contribution >= 0.6 is 15.8 Å². The Hall–Kier alpha value is -2.58. The predicted octanol–water partition coefficient (Wildman–Crippen LogP) is 4.70. The molecule has 0 amide bonds. The van der Waals surface area contributed by atoms with Gasteiger partial charge in [-0.05, 0) is 37.1 Å². The number of hydrogen-bond acceptors (Lipinski definition) is 4. The zero-order valence-electron chi connectivity index (χ0n) is 26.3. The molecule has 0 aliphatic carbocycles. The molecule has 47 heavy (non-hydrogen) atoms. The summed E-state index contributed by atoms with van der Waals surface area (Å²) >= 11 is 0. The normalized spacial score (nSPS) is 14.1. The summed E-state index contributed by atoms with van der Waals surface area (Å²) in [6.07, 6.45) is 2.26. The fraction of sp³-hybridized carbons (Fsp3) is 0.270. The molecule has 7 nitrogen and oxygen atoms in total. The Balaban J connectivity index is 0.000000399. The summed E-state index contributed by atoms with van der Waals surface area (Å²) in [5.41, 5.74) is 0. The topological polar surface area (TPSA) is 84.6 Å². The second-order valence-corrected chi connectivity index (χ2v) is 14.3. The van der Waals surface area contributed by atoms with Crippen molar-refractivity contribution < 1.29 is 42.9 Å². The SMILES string of the molecule is [C-]#[O+].[C-]#[O+].[C-]#[O+].[Ru].c1ccc(P(CN2CCOCC2)c2ccccc2)cc1.c1ccc(P(CN2CCOCC2)c2ccccc2)cc1. The Kier molecular flexibility index (Phi) is 24.7. The molecule has 2 fully saturated rings. The zero-order valence-corrected chi connectivity index (χ0v) is 29.8. The van der Waals surface area contributed by atoms with Gasteiger partial charge in [0.05, 0.1) is 26.4 Å². The Morgan fingerprint density at radius 3 is 0.851 bits per heavy atom. The first-order valence-electron chi connectivity index (χ1n) is 14.8. The molecule has 4 aromatic rings. The van der Waals surface area contributed by atoms with Crippen LogP contribution in [0.15, 0.2) is 121 Å². The van der Waals surface area contributed by atoms with E-state index in [0.29, 0.717) is 0 Å². The van der Waals surface area contributed by atoms with E-state index in [0.717, 1.165) is 65.2 Å². The van der Waals surface area contributed by atoms with Gasteiger partial charge < -0.3 is 9.47 Å². The van der Waals surface area contributed by atoms with Crippen molar-refractivity contribution in [2.75, 3.05) is 65.2 Å². The van der Waals surface area contributed by atoms with Crippen LogP contribution in [-0.4, -0.2) is 75.0 Å². The molecule has 0 saturated carbocycles. The van der Waals surface area contributed by atoms with Crippen LogP contribution in [0.2, 0.25) is 0 Å². The van der Waals surface area contributed by atoms with Gasteiger partial charge in [-0.2, -0.15) is 0 Å². The standard InChI is InChI=1S/2C17H20NOP.3CO.Ru/c2*1-3-7-16(8-4-1)20(17-9-5-2-6-10-17)15-18-11-13-19-14-12-18;3*1-2;/h2*1-10H,11-15H2;;;;. The van der Waals surface area contributed by atoms with Crippen molar-refractivity contribution in [2.24, 2.45) is 0 Å².